The Morgan fingerprint density at radius 2 is 2.15 bits per heavy atom. The Morgan fingerprint density at radius 3 is 2.85 bits per heavy atom. The number of nitrogens with two attached hydrogens (primary N) is 1. The number of hydrogen-bond acceptors (Lipinski definition) is 5. The molecule has 106 valence electrons. The fourth-order valence-electron chi connectivity index (χ4n) is 2.16. The zero-order chi connectivity index (χ0) is 14.5. The first-order chi connectivity index (χ1) is 9.63. The van der Waals surface area contributed by atoms with Gasteiger partial charge in [0.1, 0.15) is 5.84 Å². The van der Waals surface area contributed by atoms with Gasteiger partial charge in [-0.1, -0.05) is 23.4 Å². The Morgan fingerprint density at radius 1 is 1.40 bits per heavy atom. The van der Waals surface area contributed by atoms with Gasteiger partial charge in [0.2, 0.25) is 0 Å². The van der Waals surface area contributed by atoms with E-state index in [1.165, 1.54) is 0 Å². The lowest BCUT2D eigenvalue weighted by Gasteiger charge is -2.29. The second-order valence-corrected chi connectivity index (χ2v) is 4.88. The Balaban J connectivity index is 2.36. The maximum absolute atomic E-state index is 8.65. The predicted molar refractivity (Wildman–Crippen MR) is 80.0 cm³/mol. The molecule has 0 bridgehead atoms. The quantitative estimate of drug-likeness (QED) is 0.376. The third-order valence-corrected chi connectivity index (χ3v) is 3.20. The van der Waals surface area contributed by atoms with Crippen LogP contribution >= 0.6 is 0 Å². The molecule has 0 radical (unpaired) electrons. The smallest absolute Gasteiger partial charge is 0.140 e. The molecule has 1 aromatic heterocycles. The van der Waals surface area contributed by atoms with E-state index in [9.17, 15) is 0 Å². The molecule has 0 saturated carbocycles. The molecule has 1 heterocycles. The zero-order valence-electron chi connectivity index (χ0n) is 11.7. The van der Waals surface area contributed by atoms with E-state index in [4.69, 9.17) is 10.9 Å². The molecule has 0 fully saturated rings. The summed E-state index contributed by atoms with van der Waals surface area (Å²) in [5.74, 6) is 0.224. The second-order valence-electron chi connectivity index (χ2n) is 4.88. The molecule has 20 heavy (non-hydrogen) atoms. The molecule has 3 N–H and O–H groups in total. The number of hydrogen-bond donors (Lipinski definition) is 2. The first-order valence-corrected chi connectivity index (χ1v) is 6.57. The fraction of sp³-hybridized carbons (Fsp3) is 0.357. The lowest BCUT2D eigenvalue weighted by molar-refractivity contribution is 0.317. The highest BCUT2D eigenvalue weighted by Crippen LogP contribution is 2.25. The largest absolute Gasteiger partial charge is 0.409 e. The molecule has 1 aromatic carbocycles. The van der Waals surface area contributed by atoms with Gasteiger partial charge in [0.25, 0.3) is 0 Å². The van der Waals surface area contributed by atoms with Gasteiger partial charge in [-0.3, -0.25) is 0 Å². The number of anilines is 1. The highest BCUT2D eigenvalue weighted by atomic mass is 16.4. The van der Waals surface area contributed by atoms with E-state index in [0.29, 0.717) is 13.0 Å². The van der Waals surface area contributed by atoms with Crippen LogP contribution in [0, 0.1) is 0 Å². The lowest BCUT2D eigenvalue weighted by Crippen LogP contribution is -2.34. The summed E-state index contributed by atoms with van der Waals surface area (Å²) in [5.41, 5.74) is 7.43. The van der Waals surface area contributed by atoms with Gasteiger partial charge in [0.05, 0.1) is 17.4 Å². The molecule has 0 aliphatic heterocycles. The van der Waals surface area contributed by atoms with Crippen LogP contribution < -0.4 is 10.6 Å². The summed E-state index contributed by atoms with van der Waals surface area (Å²) < 4.78 is 0. The van der Waals surface area contributed by atoms with Crippen LogP contribution in [0.1, 0.15) is 20.3 Å². The van der Waals surface area contributed by atoms with Gasteiger partial charge in [-0.15, -0.1) is 0 Å². The van der Waals surface area contributed by atoms with Gasteiger partial charge in [-0.2, -0.15) is 10.2 Å². The van der Waals surface area contributed by atoms with E-state index in [1.807, 2.05) is 24.3 Å². The Bertz CT molecular complexity index is 606. The number of benzene rings is 1. The van der Waals surface area contributed by atoms with Gasteiger partial charge < -0.3 is 15.8 Å². The summed E-state index contributed by atoms with van der Waals surface area (Å²) in [6, 6.07) is 8.16. The maximum atomic E-state index is 8.65. The van der Waals surface area contributed by atoms with Crippen LogP contribution in [-0.4, -0.2) is 33.8 Å². The fourth-order valence-corrected chi connectivity index (χ4v) is 2.16. The molecular formula is C14H19N5O. The van der Waals surface area contributed by atoms with E-state index < -0.39 is 0 Å². The van der Waals surface area contributed by atoms with Gasteiger partial charge in [0.15, 0.2) is 0 Å². The third-order valence-electron chi connectivity index (χ3n) is 3.20. The summed E-state index contributed by atoms with van der Waals surface area (Å²) >= 11 is 0. The van der Waals surface area contributed by atoms with Crippen LogP contribution in [0.4, 0.5) is 5.69 Å². The Kier molecular flexibility index (Phi) is 4.34. The molecule has 2 aromatic rings. The Hall–Kier alpha value is -2.37. The van der Waals surface area contributed by atoms with Crippen molar-refractivity contribution in [3.8, 4) is 0 Å². The average Bonchev–Trinajstić information content (AvgIpc) is 2.47. The number of aromatic nitrogens is 2. The second kappa shape index (κ2) is 6.18. The van der Waals surface area contributed by atoms with Crippen LogP contribution in [0.2, 0.25) is 0 Å². The normalized spacial score (nSPS) is 12.1. The van der Waals surface area contributed by atoms with Crippen molar-refractivity contribution in [3.05, 3.63) is 30.5 Å². The first kappa shape index (κ1) is 14.0. The summed E-state index contributed by atoms with van der Waals surface area (Å²) in [4.78, 5) is 2.18. The highest BCUT2D eigenvalue weighted by molar-refractivity contribution is 5.91. The van der Waals surface area contributed by atoms with Gasteiger partial charge in [-0.25, -0.2) is 0 Å². The number of nitrogens with zero attached hydrogens (tertiary/aromatic N) is 4. The van der Waals surface area contributed by atoms with Crippen LogP contribution in [0.15, 0.2) is 35.6 Å². The molecule has 0 aliphatic carbocycles. The molecule has 0 atom stereocenters. The van der Waals surface area contributed by atoms with Crippen molar-refractivity contribution in [2.75, 3.05) is 11.4 Å². The molecule has 0 unspecified atom stereocenters. The van der Waals surface area contributed by atoms with Crippen molar-refractivity contribution < 1.29 is 5.21 Å². The standard InChI is InChI=1S/C14H19N5O/c1-10(2)19(8-7-14(15)18-20)13-9-16-17-12-6-4-3-5-11(12)13/h3-6,9-10,20H,7-8H2,1-2H3,(H2,15,18). The van der Waals surface area contributed by atoms with Crippen LogP contribution in [-0.2, 0) is 0 Å². The van der Waals surface area contributed by atoms with Crippen molar-refractivity contribution in [2.45, 2.75) is 26.3 Å². The van der Waals surface area contributed by atoms with Gasteiger partial charge in [-0.05, 0) is 19.9 Å². The minimum atomic E-state index is 0.224. The molecule has 0 saturated heterocycles. The van der Waals surface area contributed by atoms with E-state index in [0.717, 1.165) is 16.6 Å². The van der Waals surface area contributed by atoms with Crippen molar-refractivity contribution >= 4 is 22.4 Å². The Labute approximate surface area is 117 Å². The summed E-state index contributed by atoms with van der Waals surface area (Å²) in [5, 5.41) is 20.9. The molecular weight excluding hydrogens is 254 g/mol. The van der Waals surface area contributed by atoms with Crippen molar-refractivity contribution in [3.63, 3.8) is 0 Å². The number of amidine groups is 1. The molecule has 0 aliphatic rings. The van der Waals surface area contributed by atoms with E-state index in [-0.39, 0.29) is 11.9 Å². The van der Waals surface area contributed by atoms with Crippen molar-refractivity contribution in [1.82, 2.24) is 10.2 Å². The van der Waals surface area contributed by atoms with Gasteiger partial charge >= 0.3 is 0 Å². The maximum Gasteiger partial charge on any atom is 0.140 e. The average molecular weight is 273 g/mol. The molecule has 6 heteroatoms. The third kappa shape index (κ3) is 2.96. The number of fused-ring (bicyclic) bond motifs is 1. The first-order valence-electron chi connectivity index (χ1n) is 6.57. The van der Waals surface area contributed by atoms with E-state index >= 15 is 0 Å². The molecule has 0 amide bonds. The lowest BCUT2D eigenvalue weighted by atomic mass is 10.1. The minimum absolute atomic E-state index is 0.224. The van der Waals surface area contributed by atoms with Crippen molar-refractivity contribution in [2.24, 2.45) is 10.9 Å². The highest BCUT2D eigenvalue weighted by Gasteiger charge is 2.14. The van der Waals surface area contributed by atoms with Crippen LogP contribution in [0.3, 0.4) is 0 Å². The van der Waals surface area contributed by atoms with Gasteiger partial charge in [0, 0.05) is 24.4 Å². The molecule has 6 nitrogen and oxygen atoms in total. The predicted octanol–water partition coefficient (Wildman–Crippen LogP) is 1.98. The molecule has 2 rings (SSSR count). The topological polar surface area (TPSA) is 87.6 Å². The molecule has 0 spiro atoms. The summed E-state index contributed by atoms with van der Waals surface area (Å²) in [7, 11) is 0. The number of oxime groups is 1. The summed E-state index contributed by atoms with van der Waals surface area (Å²) in [6.07, 6.45) is 2.25. The number of rotatable bonds is 5. The summed E-state index contributed by atoms with van der Waals surface area (Å²) in [6.45, 7) is 4.85. The van der Waals surface area contributed by atoms with Crippen molar-refractivity contribution in [1.29, 1.82) is 0 Å². The SMILES string of the molecule is CC(C)N(CCC(N)=NO)c1cnnc2ccccc12. The zero-order valence-corrected chi connectivity index (χ0v) is 11.7. The van der Waals surface area contributed by atoms with Crippen LogP contribution in [0.5, 0.6) is 0 Å². The van der Waals surface area contributed by atoms with E-state index in [1.54, 1.807) is 6.20 Å². The minimum Gasteiger partial charge on any atom is -0.409 e. The van der Waals surface area contributed by atoms with Crippen LogP contribution in [0.25, 0.3) is 10.9 Å². The van der Waals surface area contributed by atoms with E-state index in [2.05, 4.69) is 34.1 Å². The monoisotopic (exact) mass is 273 g/mol.